The first kappa shape index (κ1) is 13.6. The molecule has 2 aromatic rings. The molecule has 0 aliphatic carbocycles. The molecule has 0 radical (unpaired) electrons. The summed E-state index contributed by atoms with van der Waals surface area (Å²) in [7, 11) is 1.35. The Kier molecular flexibility index (Phi) is 4.57. The molecule has 0 atom stereocenters. The highest BCUT2D eigenvalue weighted by atomic mass is 32.2. The van der Waals surface area contributed by atoms with Gasteiger partial charge in [0.15, 0.2) is 0 Å². The number of benzene rings is 1. The number of rotatable bonds is 5. The van der Waals surface area contributed by atoms with Crippen LogP contribution in [0.4, 0.5) is 0 Å². The monoisotopic (exact) mass is 278 g/mol. The Hall–Kier alpha value is -1.82. The SMILES string of the molecule is COC(=O)CSc1nnc(Cc2ccc(C)cc2)o1. The van der Waals surface area contributed by atoms with Gasteiger partial charge in [0.1, 0.15) is 5.75 Å². The lowest BCUT2D eigenvalue weighted by Gasteiger charge is -1.97. The van der Waals surface area contributed by atoms with E-state index in [1.165, 1.54) is 24.4 Å². The largest absolute Gasteiger partial charge is 0.468 e. The summed E-state index contributed by atoms with van der Waals surface area (Å²) in [6, 6.07) is 8.14. The van der Waals surface area contributed by atoms with E-state index in [4.69, 9.17) is 4.42 Å². The van der Waals surface area contributed by atoms with Crippen LogP contribution in [-0.2, 0) is 16.0 Å². The standard InChI is InChI=1S/C13H14N2O3S/c1-9-3-5-10(6-4-9)7-11-14-15-13(18-11)19-8-12(16)17-2/h3-6H,7-8H2,1-2H3. The van der Waals surface area contributed by atoms with Crippen LogP contribution in [0, 0.1) is 6.92 Å². The van der Waals surface area contributed by atoms with Crippen LogP contribution < -0.4 is 0 Å². The molecule has 1 heterocycles. The number of aromatic nitrogens is 2. The lowest BCUT2D eigenvalue weighted by atomic mass is 10.1. The molecule has 6 heteroatoms. The van der Waals surface area contributed by atoms with Gasteiger partial charge < -0.3 is 9.15 Å². The molecule has 1 aromatic heterocycles. The van der Waals surface area contributed by atoms with Crippen LogP contribution in [0.2, 0.25) is 0 Å². The Bertz CT molecular complexity index is 551. The number of hydrogen-bond donors (Lipinski definition) is 0. The van der Waals surface area contributed by atoms with Crippen LogP contribution in [0.3, 0.4) is 0 Å². The molecule has 100 valence electrons. The molecule has 0 aliphatic heterocycles. The van der Waals surface area contributed by atoms with E-state index in [9.17, 15) is 4.79 Å². The third-order valence-corrected chi connectivity index (χ3v) is 3.26. The minimum atomic E-state index is -0.316. The zero-order valence-corrected chi connectivity index (χ0v) is 11.6. The van der Waals surface area contributed by atoms with E-state index in [1.807, 2.05) is 31.2 Å². The predicted octanol–water partition coefficient (Wildman–Crippen LogP) is 2.23. The van der Waals surface area contributed by atoms with Gasteiger partial charge in [-0.1, -0.05) is 41.6 Å². The number of thioether (sulfide) groups is 1. The maximum absolute atomic E-state index is 11.0. The van der Waals surface area contributed by atoms with Crippen molar-refractivity contribution in [2.75, 3.05) is 12.9 Å². The van der Waals surface area contributed by atoms with Crippen molar-refractivity contribution in [3.05, 3.63) is 41.3 Å². The van der Waals surface area contributed by atoms with Crippen LogP contribution >= 0.6 is 11.8 Å². The molecule has 0 unspecified atom stereocenters. The third kappa shape index (κ3) is 4.10. The van der Waals surface area contributed by atoms with Crippen LogP contribution in [-0.4, -0.2) is 29.0 Å². The summed E-state index contributed by atoms with van der Waals surface area (Å²) in [6.45, 7) is 2.04. The summed E-state index contributed by atoms with van der Waals surface area (Å²) >= 11 is 1.17. The Morgan fingerprint density at radius 3 is 2.74 bits per heavy atom. The van der Waals surface area contributed by atoms with Gasteiger partial charge in [0.2, 0.25) is 5.89 Å². The molecule has 0 spiro atoms. The molecule has 0 amide bonds. The first-order valence-electron chi connectivity index (χ1n) is 5.75. The van der Waals surface area contributed by atoms with Gasteiger partial charge in [-0.05, 0) is 12.5 Å². The number of esters is 1. The molecule has 0 saturated carbocycles. The van der Waals surface area contributed by atoms with Crippen molar-refractivity contribution in [3.63, 3.8) is 0 Å². The second-order valence-corrected chi connectivity index (χ2v) is 4.92. The van der Waals surface area contributed by atoms with E-state index in [0.717, 1.165) is 5.56 Å². The molecule has 19 heavy (non-hydrogen) atoms. The molecular weight excluding hydrogens is 264 g/mol. The number of carbonyl (C=O) groups is 1. The van der Waals surface area contributed by atoms with Crippen LogP contribution in [0.15, 0.2) is 33.9 Å². The maximum atomic E-state index is 11.0. The van der Waals surface area contributed by atoms with Gasteiger partial charge in [-0.15, -0.1) is 10.2 Å². The van der Waals surface area contributed by atoms with Crippen molar-refractivity contribution < 1.29 is 13.9 Å². The zero-order chi connectivity index (χ0) is 13.7. The molecule has 2 rings (SSSR count). The van der Waals surface area contributed by atoms with Gasteiger partial charge in [0, 0.05) is 0 Å². The van der Waals surface area contributed by atoms with E-state index in [1.54, 1.807) is 0 Å². The molecule has 0 aliphatic rings. The number of carbonyl (C=O) groups excluding carboxylic acids is 1. The van der Waals surface area contributed by atoms with Crippen molar-refractivity contribution in [1.29, 1.82) is 0 Å². The molecule has 0 saturated heterocycles. The average molecular weight is 278 g/mol. The molecule has 0 fully saturated rings. The second-order valence-electron chi connectivity index (χ2n) is 3.99. The first-order chi connectivity index (χ1) is 9.17. The third-order valence-electron chi connectivity index (χ3n) is 2.47. The molecule has 0 bridgehead atoms. The Labute approximate surface area is 115 Å². The second kappa shape index (κ2) is 6.38. The predicted molar refractivity (Wildman–Crippen MR) is 71.0 cm³/mol. The van der Waals surface area contributed by atoms with Crippen LogP contribution in [0.5, 0.6) is 0 Å². The maximum Gasteiger partial charge on any atom is 0.316 e. The average Bonchev–Trinajstić information content (AvgIpc) is 2.86. The van der Waals surface area contributed by atoms with Gasteiger partial charge in [-0.2, -0.15) is 0 Å². The molecular formula is C13H14N2O3S. The lowest BCUT2D eigenvalue weighted by Crippen LogP contribution is -2.02. The van der Waals surface area contributed by atoms with E-state index >= 15 is 0 Å². The number of aryl methyl sites for hydroxylation is 1. The summed E-state index contributed by atoms with van der Waals surface area (Å²) in [4.78, 5) is 11.0. The Morgan fingerprint density at radius 1 is 1.32 bits per heavy atom. The minimum absolute atomic E-state index is 0.169. The minimum Gasteiger partial charge on any atom is -0.468 e. The number of ether oxygens (including phenoxy) is 1. The summed E-state index contributed by atoms with van der Waals surface area (Å²) in [5.41, 5.74) is 2.32. The van der Waals surface area contributed by atoms with Gasteiger partial charge in [-0.3, -0.25) is 4.79 Å². The van der Waals surface area contributed by atoms with E-state index < -0.39 is 0 Å². The van der Waals surface area contributed by atoms with Crippen molar-refractivity contribution in [2.24, 2.45) is 0 Å². The number of nitrogens with zero attached hydrogens (tertiary/aromatic N) is 2. The van der Waals surface area contributed by atoms with E-state index in [-0.39, 0.29) is 11.7 Å². The molecule has 0 N–H and O–H groups in total. The van der Waals surface area contributed by atoms with Gasteiger partial charge in [0.05, 0.1) is 13.5 Å². The zero-order valence-electron chi connectivity index (χ0n) is 10.8. The van der Waals surface area contributed by atoms with E-state index in [2.05, 4.69) is 14.9 Å². The van der Waals surface area contributed by atoms with Gasteiger partial charge in [-0.25, -0.2) is 0 Å². The summed E-state index contributed by atoms with van der Waals surface area (Å²) in [6.07, 6.45) is 0.589. The smallest absolute Gasteiger partial charge is 0.316 e. The van der Waals surface area contributed by atoms with Crippen molar-refractivity contribution in [3.8, 4) is 0 Å². The lowest BCUT2D eigenvalue weighted by molar-refractivity contribution is -0.137. The van der Waals surface area contributed by atoms with Gasteiger partial charge in [0.25, 0.3) is 5.22 Å². The van der Waals surface area contributed by atoms with Gasteiger partial charge >= 0.3 is 5.97 Å². The topological polar surface area (TPSA) is 65.2 Å². The summed E-state index contributed by atoms with van der Waals surface area (Å²) in [5.74, 6) is 0.391. The summed E-state index contributed by atoms with van der Waals surface area (Å²) < 4.78 is 9.98. The van der Waals surface area contributed by atoms with E-state index in [0.29, 0.717) is 17.5 Å². The van der Waals surface area contributed by atoms with Crippen LogP contribution in [0.1, 0.15) is 17.0 Å². The molecule has 1 aromatic carbocycles. The normalized spacial score (nSPS) is 10.4. The summed E-state index contributed by atoms with van der Waals surface area (Å²) in [5, 5.41) is 8.20. The highest BCUT2D eigenvalue weighted by Gasteiger charge is 2.10. The highest BCUT2D eigenvalue weighted by molar-refractivity contribution is 7.99. The quantitative estimate of drug-likeness (QED) is 0.617. The van der Waals surface area contributed by atoms with Crippen molar-refractivity contribution in [2.45, 2.75) is 18.6 Å². The molecule has 5 nitrogen and oxygen atoms in total. The van der Waals surface area contributed by atoms with Crippen molar-refractivity contribution in [1.82, 2.24) is 10.2 Å². The van der Waals surface area contributed by atoms with Crippen LogP contribution in [0.25, 0.3) is 0 Å². The Balaban J connectivity index is 1.93. The fourth-order valence-corrected chi connectivity index (χ4v) is 2.04. The Morgan fingerprint density at radius 2 is 2.05 bits per heavy atom. The number of hydrogen-bond acceptors (Lipinski definition) is 6. The van der Waals surface area contributed by atoms with Crippen molar-refractivity contribution >= 4 is 17.7 Å². The fourth-order valence-electron chi connectivity index (χ4n) is 1.43. The highest BCUT2D eigenvalue weighted by Crippen LogP contribution is 2.18. The number of methoxy groups -OCH3 is 1. The first-order valence-corrected chi connectivity index (χ1v) is 6.73. The fraction of sp³-hybridized carbons (Fsp3) is 0.308.